The number of nitrogens with zero attached hydrogens (tertiary/aromatic N) is 2. The van der Waals surface area contributed by atoms with Gasteiger partial charge in [0, 0.05) is 22.7 Å². The molecule has 6 nitrogen and oxygen atoms in total. The van der Waals surface area contributed by atoms with Crippen LogP contribution in [0.3, 0.4) is 0 Å². The Morgan fingerprint density at radius 3 is 2.88 bits per heavy atom. The zero-order chi connectivity index (χ0) is 16.9. The number of aromatic nitrogens is 2. The largest absolute Gasteiger partial charge is 0.439 e. The van der Waals surface area contributed by atoms with Gasteiger partial charge in [-0.05, 0) is 31.2 Å². The van der Waals surface area contributed by atoms with Gasteiger partial charge in [-0.3, -0.25) is 4.79 Å². The topological polar surface area (TPSA) is 90.1 Å². The first kappa shape index (κ1) is 15.9. The number of nitrogens with one attached hydrogen (secondary N) is 1. The van der Waals surface area contributed by atoms with Crippen molar-refractivity contribution >= 4 is 22.9 Å². The number of primary amides is 1. The van der Waals surface area contributed by atoms with Crippen LogP contribution in [0.25, 0.3) is 0 Å². The van der Waals surface area contributed by atoms with Gasteiger partial charge in [0.1, 0.15) is 10.8 Å². The van der Waals surface area contributed by atoms with Gasteiger partial charge in [-0.15, -0.1) is 11.3 Å². The smallest absolute Gasteiger partial charge is 0.248 e. The number of carbonyl (C=O) groups is 1. The molecule has 2 heterocycles. The van der Waals surface area contributed by atoms with Crippen LogP contribution in [0.15, 0.2) is 48.0 Å². The molecule has 1 amide bonds. The summed E-state index contributed by atoms with van der Waals surface area (Å²) in [6.45, 7) is 2.63. The second-order valence-corrected chi connectivity index (χ2v) is 6.06. The molecule has 0 aliphatic rings. The lowest BCUT2D eigenvalue weighted by Gasteiger charge is -2.07. The average Bonchev–Trinajstić information content (AvgIpc) is 3.00. The molecule has 0 atom stereocenters. The molecule has 0 aliphatic heterocycles. The summed E-state index contributed by atoms with van der Waals surface area (Å²) in [4.78, 5) is 19.8. The van der Waals surface area contributed by atoms with Crippen LogP contribution in [-0.2, 0) is 6.54 Å². The Morgan fingerprint density at radius 1 is 1.33 bits per heavy atom. The molecule has 0 saturated heterocycles. The standard InChI is InChI=1S/C17H16N4O2S/c1-11-10-24-16(21-11)9-19-13-5-6-15(20-8-13)23-14-4-2-3-12(7-14)17(18)22/h2-8,10,19H,9H2,1H3,(H2,18,22). The summed E-state index contributed by atoms with van der Waals surface area (Å²) >= 11 is 1.62. The van der Waals surface area contributed by atoms with Gasteiger partial charge in [0.25, 0.3) is 0 Å². The highest BCUT2D eigenvalue weighted by atomic mass is 32.1. The van der Waals surface area contributed by atoms with E-state index in [-0.39, 0.29) is 0 Å². The number of benzene rings is 1. The van der Waals surface area contributed by atoms with Gasteiger partial charge in [-0.25, -0.2) is 9.97 Å². The highest BCUT2D eigenvalue weighted by Gasteiger charge is 2.04. The summed E-state index contributed by atoms with van der Waals surface area (Å²) in [6, 6.07) is 10.3. The van der Waals surface area contributed by atoms with E-state index in [4.69, 9.17) is 10.5 Å². The first-order valence-corrected chi connectivity index (χ1v) is 8.17. The van der Waals surface area contributed by atoms with Crippen molar-refractivity contribution in [3.05, 3.63) is 64.2 Å². The van der Waals surface area contributed by atoms with Crippen LogP contribution in [0.5, 0.6) is 11.6 Å². The predicted octanol–water partition coefficient (Wildman–Crippen LogP) is 3.35. The number of aryl methyl sites for hydroxylation is 1. The third-order valence-corrected chi connectivity index (χ3v) is 4.15. The molecule has 3 rings (SSSR count). The molecule has 3 aromatic rings. The summed E-state index contributed by atoms with van der Waals surface area (Å²) in [6.07, 6.45) is 1.69. The van der Waals surface area contributed by atoms with Gasteiger partial charge >= 0.3 is 0 Å². The van der Waals surface area contributed by atoms with Crippen LogP contribution >= 0.6 is 11.3 Å². The first-order chi connectivity index (χ1) is 11.6. The van der Waals surface area contributed by atoms with E-state index in [1.54, 1.807) is 47.9 Å². The molecule has 2 aromatic heterocycles. The fourth-order valence-corrected chi connectivity index (χ4v) is 2.75. The summed E-state index contributed by atoms with van der Waals surface area (Å²) in [5.74, 6) is 0.454. The molecule has 1 aromatic carbocycles. The van der Waals surface area contributed by atoms with Crippen molar-refractivity contribution in [2.75, 3.05) is 5.32 Å². The molecule has 0 saturated carbocycles. The van der Waals surface area contributed by atoms with Crippen molar-refractivity contribution in [3.63, 3.8) is 0 Å². The van der Waals surface area contributed by atoms with Crippen molar-refractivity contribution < 1.29 is 9.53 Å². The lowest BCUT2D eigenvalue weighted by molar-refractivity contribution is 0.1000. The van der Waals surface area contributed by atoms with E-state index in [0.29, 0.717) is 23.7 Å². The Bertz CT molecular complexity index is 846. The van der Waals surface area contributed by atoms with Gasteiger partial charge in [0.2, 0.25) is 11.8 Å². The molecule has 0 aliphatic carbocycles. The first-order valence-electron chi connectivity index (χ1n) is 7.29. The van der Waals surface area contributed by atoms with E-state index in [0.717, 1.165) is 16.4 Å². The SMILES string of the molecule is Cc1csc(CNc2ccc(Oc3cccc(C(N)=O)c3)nc2)n1. The summed E-state index contributed by atoms with van der Waals surface area (Å²) in [5, 5.41) is 6.30. The molecular formula is C17H16N4O2S. The van der Waals surface area contributed by atoms with Crippen molar-refractivity contribution in [1.29, 1.82) is 0 Å². The minimum Gasteiger partial charge on any atom is -0.439 e. The highest BCUT2D eigenvalue weighted by molar-refractivity contribution is 7.09. The Kier molecular flexibility index (Phi) is 4.72. The summed E-state index contributed by atoms with van der Waals surface area (Å²) in [5.41, 5.74) is 7.55. The Balaban J connectivity index is 1.62. The predicted molar refractivity (Wildman–Crippen MR) is 93.4 cm³/mol. The number of thiazole rings is 1. The maximum atomic E-state index is 11.2. The van der Waals surface area contributed by atoms with E-state index in [1.165, 1.54) is 0 Å². The fraction of sp³-hybridized carbons (Fsp3) is 0.118. The number of amides is 1. The van der Waals surface area contributed by atoms with Crippen molar-refractivity contribution in [2.45, 2.75) is 13.5 Å². The molecule has 24 heavy (non-hydrogen) atoms. The number of ether oxygens (including phenoxy) is 1. The Hall–Kier alpha value is -2.93. The average molecular weight is 340 g/mol. The number of nitrogens with two attached hydrogens (primary N) is 1. The molecule has 0 radical (unpaired) electrons. The van der Waals surface area contributed by atoms with Crippen molar-refractivity contribution in [2.24, 2.45) is 5.73 Å². The number of pyridine rings is 1. The van der Waals surface area contributed by atoms with E-state index in [9.17, 15) is 4.79 Å². The minimum atomic E-state index is -0.495. The highest BCUT2D eigenvalue weighted by Crippen LogP contribution is 2.21. The molecule has 122 valence electrons. The zero-order valence-corrected chi connectivity index (χ0v) is 13.8. The second-order valence-electron chi connectivity index (χ2n) is 5.12. The zero-order valence-electron chi connectivity index (χ0n) is 13.0. The van der Waals surface area contributed by atoms with Gasteiger partial charge in [-0.1, -0.05) is 6.07 Å². The number of rotatable bonds is 6. The fourth-order valence-electron chi connectivity index (χ4n) is 2.04. The quantitative estimate of drug-likeness (QED) is 0.718. The molecule has 0 bridgehead atoms. The minimum absolute atomic E-state index is 0.393. The summed E-state index contributed by atoms with van der Waals surface area (Å²) in [7, 11) is 0. The van der Waals surface area contributed by atoms with Crippen molar-refractivity contribution in [1.82, 2.24) is 9.97 Å². The van der Waals surface area contributed by atoms with E-state index in [1.807, 2.05) is 18.4 Å². The van der Waals surface area contributed by atoms with Gasteiger partial charge in [0.15, 0.2) is 0 Å². The van der Waals surface area contributed by atoms with Crippen LogP contribution in [-0.4, -0.2) is 15.9 Å². The Labute approximate surface area is 143 Å². The molecule has 3 N–H and O–H groups in total. The lowest BCUT2D eigenvalue weighted by atomic mass is 10.2. The van der Waals surface area contributed by atoms with Crippen LogP contribution in [0.2, 0.25) is 0 Å². The van der Waals surface area contributed by atoms with Crippen LogP contribution in [0.4, 0.5) is 5.69 Å². The maximum Gasteiger partial charge on any atom is 0.248 e. The molecule has 7 heteroatoms. The number of hydrogen-bond donors (Lipinski definition) is 2. The van der Waals surface area contributed by atoms with Crippen LogP contribution in [0.1, 0.15) is 21.1 Å². The molecule has 0 unspecified atom stereocenters. The van der Waals surface area contributed by atoms with E-state index >= 15 is 0 Å². The molecular weight excluding hydrogens is 324 g/mol. The number of anilines is 1. The second kappa shape index (κ2) is 7.10. The van der Waals surface area contributed by atoms with E-state index < -0.39 is 5.91 Å². The lowest BCUT2D eigenvalue weighted by Crippen LogP contribution is -2.10. The van der Waals surface area contributed by atoms with Crippen LogP contribution < -0.4 is 15.8 Å². The van der Waals surface area contributed by atoms with E-state index in [2.05, 4.69) is 15.3 Å². The number of carbonyl (C=O) groups excluding carboxylic acids is 1. The molecule has 0 spiro atoms. The normalized spacial score (nSPS) is 10.4. The third kappa shape index (κ3) is 4.08. The van der Waals surface area contributed by atoms with Gasteiger partial charge in [-0.2, -0.15) is 0 Å². The van der Waals surface area contributed by atoms with Crippen LogP contribution in [0, 0.1) is 6.92 Å². The Morgan fingerprint density at radius 2 is 2.21 bits per heavy atom. The molecule has 0 fully saturated rings. The van der Waals surface area contributed by atoms with Gasteiger partial charge in [0.05, 0.1) is 18.4 Å². The monoisotopic (exact) mass is 340 g/mol. The summed E-state index contributed by atoms with van der Waals surface area (Å²) < 4.78 is 5.63. The van der Waals surface area contributed by atoms with Crippen molar-refractivity contribution in [3.8, 4) is 11.6 Å². The maximum absolute atomic E-state index is 11.2. The van der Waals surface area contributed by atoms with Gasteiger partial charge < -0.3 is 15.8 Å². The number of hydrogen-bond acceptors (Lipinski definition) is 6. The third-order valence-electron chi connectivity index (χ3n) is 3.19.